The molecule has 2 heterocycles. The molecule has 0 aliphatic rings. The average Bonchev–Trinajstić information content (AvgIpc) is 3.01. The lowest BCUT2D eigenvalue weighted by Crippen LogP contribution is -2.20. The Kier molecular flexibility index (Phi) is 5.31. The van der Waals surface area contributed by atoms with Gasteiger partial charge in [0.25, 0.3) is 0 Å². The molecule has 25 heavy (non-hydrogen) atoms. The van der Waals surface area contributed by atoms with Gasteiger partial charge >= 0.3 is 5.97 Å². The van der Waals surface area contributed by atoms with E-state index >= 15 is 0 Å². The Bertz CT molecular complexity index is 909. The molecule has 0 bridgehead atoms. The molecular formula is C17H17N3O3S2. The molecule has 1 atom stereocenters. The van der Waals surface area contributed by atoms with E-state index in [0.717, 1.165) is 5.56 Å². The van der Waals surface area contributed by atoms with E-state index in [1.54, 1.807) is 25.1 Å². The van der Waals surface area contributed by atoms with Gasteiger partial charge in [0.15, 0.2) is 10.6 Å². The molecule has 3 aromatic rings. The van der Waals surface area contributed by atoms with Gasteiger partial charge in [-0.2, -0.15) is 0 Å². The lowest BCUT2D eigenvalue weighted by molar-refractivity contribution is 0.0518. The third kappa shape index (κ3) is 3.37. The minimum atomic E-state index is -1.62. The van der Waals surface area contributed by atoms with Gasteiger partial charge in [0.05, 0.1) is 12.1 Å². The second kappa shape index (κ2) is 7.47. The lowest BCUT2D eigenvalue weighted by Gasteiger charge is -2.14. The Hall–Kier alpha value is -2.03. The van der Waals surface area contributed by atoms with Gasteiger partial charge in [-0.05, 0) is 32.2 Å². The van der Waals surface area contributed by atoms with Crippen LogP contribution in [-0.2, 0) is 16.1 Å². The van der Waals surface area contributed by atoms with Crippen LogP contribution in [-0.4, -0.2) is 37.3 Å². The highest BCUT2D eigenvalue weighted by Crippen LogP contribution is 2.30. The number of thioether (sulfide) groups is 1. The van der Waals surface area contributed by atoms with E-state index in [0.29, 0.717) is 21.0 Å². The van der Waals surface area contributed by atoms with Gasteiger partial charge in [-0.1, -0.05) is 17.7 Å². The van der Waals surface area contributed by atoms with E-state index in [1.165, 1.54) is 22.1 Å². The smallest absolute Gasteiger partial charge is 0.359 e. The molecule has 2 aromatic heterocycles. The third-order valence-electron chi connectivity index (χ3n) is 3.58. The summed E-state index contributed by atoms with van der Waals surface area (Å²) in [6, 6.07) is 8.94. The van der Waals surface area contributed by atoms with Crippen molar-refractivity contribution in [2.45, 2.75) is 23.8 Å². The van der Waals surface area contributed by atoms with Crippen molar-refractivity contribution >= 4 is 40.1 Å². The number of hydrogen-bond donors (Lipinski definition) is 0. The van der Waals surface area contributed by atoms with Gasteiger partial charge in [0.2, 0.25) is 0 Å². The zero-order valence-corrected chi connectivity index (χ0v) is 15.7. The van der Waals surface area contributed by atoms with Gasteiger partial charge in [-0.3, -0.25) is 0 Å². The Morgan fingerprint density at radius 3 is 2.68 bits per heavy atom. The number of fused-ring (bicyclic) bond motifs is 1. The fourth-order valence-electron chi connectivity index (χ4n) is 2.41. The highest BCUT2D eigenvalue weighted by molar-refractivity contribution is 7.98. The molecule has 1 aromatic carbocycles. The van der Waals surface area contributed by atoms with Gasteiger partial charge < -0.3 is 9.29 Å². The second-order valence-corrected chi connectivity index (χ2v) is 7.35. The van der Waals surface area contributed by atoms with E-state index in [-0.39, 0.29) is 12.3 Å². The largest absolute Gasteiger partial charge is 0.587 e. The van der Waals surface area contributed by atoms with Crippen LogP contribution in [0.4, 0.5) is 0 Å². The van der Waals surface area contributed by atoms with Gasteiger partial charge in [-0.25, -0.2) is 14.8 Å². The van der Waals surface area contributed by atoms with Crippen LogP contribution >= 0.6 is 11.8 Å². The summed E-state index contributed by atoms with van der Waals surface area (Å²) in [4.78, 5) is 21.4. The van der Waals surface area contributed by atoms with Crippen molar-refractivity contribution < 1.29 is 14.1 Å². The normalized spacial score (nSPS) is 12.3. The van der Waals surface area contributed by atoms with E-state index < -0.39 is 17.3 Å². The van der Waals surface area contributed by atoms with Gasteiger partial charge in [0.1, 0.15) is 28.2 Å². The molecule has 6 nitrogen and oxygen atoms in total. The SMILES string of the molecule is CCOC(=O)c1cc2ncnc(SC)c2n1[S+]([O-])c1ccc(C)cc1. The van der Waals surface area contributed by atoms with Crippen LogP contribution in [0.15, 0.2) is 46.6 Å². The second-order valence-electron chi connectivity index (χ2n) is 5.22. The predicted octanol–water partition coefficient (Wildman–Crippen LogP) is 3.21. The molecule has 0 saturated heterocycles. The van der Waals surface area contributed by atoms with Crippen LogP contribution in [0.1, 0.15) is 23.0 Å². The van der Waals surface area contributed by atoms with Crippen LogP contribution in [0.2, 0.25) is 0 Å². The topological polar surface area (TPSA) is 80.1 Å². The third-order valence-corrected chi connectivity index (χ3v) is 5.65. The van der Waals surface area contributed by atoms with Crippen LogP contribution in [0.25, 0.3) is 11.0 Å². The number of aryl methyl sites for hydroxylation is 1. The molecule has 0 N–H and O–H groups in total. The number of nitrogens with zero attached hydrogens (tertiary/aromatic N) is 3. The Morgan fingerprint density at radius 2 is 2.04 bits per heavy atom. The molecule has 1 unspecified atom stereocenters. The van der Waals surface area contributed by atoms with Crippen molar-refractivity contribution in [3.05, 3.63) is 47.9 Å². The maximum absolute atomic E-state index is 13.2. The molecule has 0 radical (unpaired) electrons. The maximum Gasteiger partial charge on any atom is 0.359 e. The number of aromatic nitrogens is 3. The summed E-state index contributed by atoms with van der Waals surface area (Å²) in [6.07, 6.45) is 3.31. The molecule has 0 spiro atoms. The maximum atomic E-state index is 13.2. The number of hydrogen-bond acceptors (Lipinski definition) is 6. The molecule has 8 heteroatoms. The standard InChI is InChI=1S/C17H17N3O3S2/c1-4-23-17(21)14-9-13-15(16(24-3)19-10-18-13)20(14)25(22)12-7-5-11(2)6-8-12/h5-10H,4H2,1-3H3. The van der Waals surface area contributed by atoms with Gasteiger partial charge in [0, 0.05) is 6.07 Å². The number of carbonyl (C=O) groups excluding carboxylic acids is 1. The molecular weight excluding hydrogens is 358 g/mol. The lowest BCUT2D eigenvalue weighted by atomic mass is 10.2. The number of rotatable bonds is 5. The summed E-state index contributed by atoms with van der Waals surface area (Å²) >= 11 is -0.216. The first-order valence-electron chi connectivity index (χ1n) is 7.63. The number of benzene rings is 1. The van der Waals surface area contributed by atoms with Crippen LogP contribution in [0.5, 0.6) is 0 Å². The summed E-state index contributed by atoms with van der Waals surface area (Å²) in [5, 5.41) is 0.654. The summed E-state index contributed by atoms with van der Waals surface area (Å²) in [5.74, 6) is -0.534. The molecule has 3 rings (SSSR count). The van der Waals surface area contributed by atoms with E-state index in [2.05, 4.69) is 9.97 Å². The zero-order valence-electron chi connectivity index (χ0n) is 14.1. The number of ether oxygens (including phenoxy) is 1. The van der Waals surface area contributed by atoms with Crippen molar-refractivity contribution in [1.29, 1.82) is 0 Å². The van der Waals surface area contributed by atoms with Crippen LogP contribution in [0, 0.1) is 6.92 Å². The summed E-state index contributed by atoms with van der Waals surface area (Å²) < 4.78 is 19.8. The van der Waals surface area contributed by atoms with E-state index in [9.17, 15) is 9.35 Å². The van der Waals surface area contributed by atoms with Crippen molar-refractivity contribution in [1.82, 2.24) is 13.9 Å². The molecule has 0 saturated carbocycles. The van der Waals surface area contributed by atoms with Crippen LogP contribution < -0.4 is 0 Å². The van der Waals surface area contributed by atoms with Crippen molar-refractivity contribution in [2.24, 2.45) is 0 Å². The first kappa shape index (κ1) is 17.8. The monoisotopic (exact) mass is 375 g/mol. The van der Waals surface area contributed by atoms with Crippen LogP contribution in [0.3, 0.4) is 0 Å². The molecule has 0 fully saturated rings. The Morgan fingerprint density at radius 1 is 1.32 bits per heavy atom. The molecule has 0 aliphatic carbocycles. The zero-order chi connectivity index (χ0) is 18.0. The minimum Gasteiger partial charge on any atom is -0.587 e. The summed E-state index contributed by atoms with van der Waals surface area (Å²) in [5.41, 5.74) is 2.39. The quantitative estimate of drug-likeness (QED) is 0.295. The average molecular weight is 375 g/mol. The fraction of sp³-hybridized carbons (Fsp3) is 0.235. The van der Waals surface area contributed by atoms with Gasteiger partial charge in [-0.15, -0.1) is 15.7 Å². The first-order chi connectivity index (χ1) is 12.1. The highest BCUT2D eigenvalue weighted by atomic mass is 32.2. The first-order valence-corrected chi connectivity index (χ1v) is 9.96. The van der Waals surface area contributed by atoms with E-state index in [1.807, 2.05) is 25.3 Å². The minimum absolute atomic E-state index is 0.201. The van der Waals surface area contributed by atoms with Crippen molar-refractivity contribution in [2.75, 3.05) is 12.9 Å². The Labute approximate surface area is 152 Å². The summed E-state index contributed by atoms with van der Waals surface area (Å²) in [7, 11) is 0. The number of carbonyl (C=O) groups is 1. The number of esters is 1. The molecule has 0 aliphatic heterocycles. The fourth-order valence-corrected chi connectivity index (χ4v) is 4.24. The highest BCUT2D eigenvalue weighted by Gasteiger charge is 2.29. The molecule has 0 amide bonds. The Balaban J connectivity index is 2.23. The predicted molar refractivity (Wildman–Crippen MR) is 98.3 cm³/mol. The molecule has 130 valence electrons. The van der Waals surface area contributed by atoms with E-state index in [4.69, 9.17) is 4.74 Å². The van der Waals surface area contributed by atoms with Crippen molar-refractivity contribution in [3.63, 3.8) is 0 Å². The van der Waals surface area contributed by atoms with Crippen molar-refractivity contribution in [3.8, 4) is 0 Å². The summed E-state index contributed by atoms with van der Waals surface area (Å²) in [6.45, 7) is 3.93.